The molecule has 1 aromatic rings. The Morgan fingerprint density at radius 1 is 1.17 bits per heavy atom. The van der Waals surface area contributed by atoms with Crippen molar-refractivity contribution in [1.29, 1.82) is 0 Å². The van der Waals surface area contributed by atoms with Crippen LogP contribution in [-0.2, 0) is 19.4 Å². The van der Waals surface area contributed by atoms with Gasteiger partial charge in [-0.3, -0.25) is 4.68 Å². The third kappa shape index (κ3) is 3.56. The lowest BCUT2D eigenvalue weighted by atomic mass is 9.49. The van der Waals surface area contributed by atoms with Crippen molar-refractivity contribution >= 4 is 0 Å². The largest absolute Gasteiger partial charge is 0.396 e. The molecule has 3 aliphatic carbocycles. The number of nitrogens with zero attached hydrogens (tertiary/aromatic N) is 2. The Labute approximate surface area is 184 Å². The van der Waals surface area contributed by atoms with Gasteiger partial charge in [0.1, 0.15) is 0 Å². The van der Waals surface area contributed by atoms with Crippen LogP contribution in [0.3, 0.4) is 0 Å². The third-order valence-corrected chi connectivity index (χ3v) is 9.76. The van der Waals surface area contributed by atoms with Gasteiger partial charge in [-0.15, -0.1) is 0 Å². The van der Waals surface area contributed by atoms with Crippen molar-refractivity contribution in [3.63, 3.8) is 0 Å². The summed E-state index contributed by atoms with van der Waals surface area (Å²) in [5, 5.41) is 15.4. The van der Waals surface area contributed by atoms with Crippen LogP contribution < -0.4 is 5.73 Å². The van der Waals surface area contributed by atoms with Crippen molar-refractivity contribution in [2.24, 2.45) is 51.6 Å². The van der Waals surface area contributed by atoms with Gasteiger partial charge in [0.25, 0.3) is 0 Å². The zero-order valence-corrected chi connectivity index (χ0v) is 20.2. The van der Waals surface area contributed by atoms with E-state index >= 15 is 0 Å². The summed E-state index contributed by atoms with van der Waals surface area (Å²) in [5.41, 5.74) is 9.91. The number of rotatable bonds is 4. The van der Waals surface area contributed by atoms with Crippen LogP contribution in [0.5, 0.6) is 0 Å². The molecule has 170 valence electrons. The number of hydrogen-bond acceptors (Lipinski definition) is 3. The van der Waals surface area contributed by atoms with Gasteiger partial charge in [-0.05, 0) is 96.5 Å². The molecular weight excluding hydrogens is 370 g/mol. The van der Waals surface area contributed by atoms with Gasteiger partial charge in [-0.25, -0.2) is 0 Å². The first kappa shape index (κ1) is 22.3. The van der Waals surface area contributed by atoms with E-state index in [0.29, 0.717) is 17.3 Å². The van der Waals surface area contributed by atoms with Crippen molar-refractivity contribution < 1.29 is 5.11 Å². The molecule has 4 heteroatoms. The third-order valence-electron chi connectivity index (χ3n) is 9.76. The molecule has 3 N–H and O–H groups in total. The molecule has 0 amide bonds. The molecule has 0 spiro atoms. The van der Waals surface area contributed by atoms with E-state index in [1.807, 2.05) is 0 Å². The molecule has 4 nitrogen and oxygen atoms in total. The molecule has 7 atom stereocenters. The predicted molar refractivity (Wildman–Crippen MR) is 123 cm³/mol. The quantitative estimate of drug-likeness (QED) is 0.750. The summed E-state index contributed by atoms with van der Waals surface area (Å²) in [6, 6.07) is 0. The maximum absolute atomic E-state index is 10.4. The summed E-state index contributed by atoms with van der Waals surface area (Å²) in [6.07, 6.45) is 9.53. The number of aromatic nitrogens is 2. The van der Waals surface area contributed by atoms with Crippen LogP contribution in [0.25, 0.3) is 0 Å². The molecule has 0 unspecified atom stereocenters. The molecule has 4 rings (SSSR count). The van der Waals surface area contributed by atoms with Gasteiger partial charge < -0.3 is 10.8 Å². The maximum Gasteiger partial charge on any atom is 0.0660 e. The molecular formula is C26H45N3O. The van der Waals surface area contributed by atoms with Crippen LogP contribution in [0.1, 0.15) is 78.5 Å². The standard InChI is InChI=1S/C26H45N3O/c1-17-7-8-21-20(13-27)22(9-10-25(17,21)5)26(6)12-18-14-29(16-24(2,3)4)28-23(18)11-19(26)15-30/h14,17,19-22,30H,7-13,15-16,27H2,1-6H3/t17-,19+,20-,21-,22-,25+,26-/m0/s1. The van der Waals surface area contributed by atoms with E-state index in [2.05, 4.69) is 52.4 Å². The minimum absolute atomic E-state index is 0.106. The van der Waals surface area contributed by atoms with E-state index < -0.39 is 0 Å². The average Bonchev–Trinajstić information content (AvgIpc) is 3.17. The lowest BCUT2D eigenvalue weighted by molar-refractivity contribution is -0.0689. The highest BCUT2D eigenvalue weighted by Crippen LogP contribution is 2.63. The molecule has 3 aliphatic rings. The van der Waals surface area contributed by atoms with Crippen LogP contribution in [0.2, 0.25) is 0 Å². The number of fused-ring (bicyclic) bond motifs is 2. The van der Waals surface area contributed by atoms with Gasteiger partial charge in [0.05, 0.1) is 5.69 Å². The Morgan fingerprint density at radius 2 is 1.87 bits per heavy atom. The first-order chi connectivity index (χ1) is 14.0. The number of aliphatic hydroxyl groups excluding tert-OH is 1. The maximum atomic E-state index is 10.4. The highest BCUT2D eigenvalue weighted by atomic mass is 16.3. The van der Waals surface area contributed by atoms with E-state index in [1.54, 1.807) is 0 Å². The summed E-state index contributed by atoms with van der Waals surface area (Å²) < 4.78 is 2.15. The highest BCUT2D eigenvalue weighted by Gasteiger charge is 2.57. The molecule has 0 aliphatic heterocycles. The molecule has 2 saturated carbocycles. The summed E-state index contributed by atoms with van der Waals surface area (Å²) >= 11 is 0. The SMILES string of the molecule is C[C@H]1CC[C@H]2[C@H](CN)[C@@H]([C@@]3(C)Cc4cn(CC(C)(C)C)nc4C[C@@H]3CO)CC[C@]12C. The van der Waals surface area contributed by atoms with Crippen LogP contribution in [0, 0.1) is 45.8 Å². The van der Waals surface area contributed by atoms with E-state index in [0.717, 1.165) is 37.8 Å². The zero-order chi connectivity index (χ0) is 21.9. The molecule has 1 heterocycles. The normalized spacial score (nSPS) is 41.5. The van der Waals surface area contributed by atoms with Crippen LogP contribution in [0.4, 0.5) is 0 Å². The molecule has 0 aromatic carbocycles. The molecule has 0 radical (unpaired) electrons. The summed E-state index contributed by atoms with van der Waals surface area (Å²) in [5.74, 6) is 3.02. The van der Waals surface area contributed by atoms with Crippen LogP contribution in [-0.4, -0.2) is 28.0 Å². The van der Waals surface area contributed by atoms with E-state index in [-0.39, 0.29) is 23.4 Å². The average molecular weight is 416 g/mol. The van der Waals surface area contributed by atoms with Crippen molar-refractivity contribution in [1.82, 2.24) is 9.78 Å². The second kappa shape index (κ2) is 7.62. The van der Waals surface area contributed by atoms with Gasteiger partial charge >= 0.3 is 0 Å². The Kier molecular flexibility index (Phi) is 5.67. The fourth-order valence-corrected chi connectivity index (χ4v) is 7.82. The minimum atomic E-state index is 0.106. The number of aliphatic hydroxyl groups is 1. The second-order valence-corrected chi connectivity index (χ2v) is 12.8. The van der Waals surface area contributed by atoms with Crippen LogP contribution in [0.15, 0.2) is 6.20 Å². The minimum Gasteiger partial charge on any atom is -0.396 e. The lowest BCUT2D eigenvalue weighted by Gasteiger charge is -2.56. The van der Waals surface area contributed by atoms with Gasteiger partial charge in [0.15, 0.2) is 0 Å². The van der Waals surface area contributed by atoms with Gasteiger partial charge in [-0.2, -0.15) is 5.10 Å². The first-order valence-corrected chi connectivity index (χ1v) is 12.4. The van der Waals surface area contributed by atoms with Crippen molar-refractivity contribution in [3.8, 4) is 0 Å². The molecule has 2 fully saturated rings. The van der Waals surface area contributed by atoms with Gasteiger partial charge in [0.2, 0.25) is 0 Å². The monoisotopic (exact) mass is 415 g/mol. The topological polar surface area (TPSA) is 64.1 Å². The van der Waals surface area contributed by atoms with E-state index in [1.165, 1.54) is 36.9 Å². The molecule has 0 bridgehead atoms. The predicted octanol–water partition coefficient (Wildman–Crippen LogP) is 4.68. The summed E-state index contributed by atoms with van der Waals surface area (Å²) in [6.45, 7) is 16.2. The Morgan fingerprint density at radius 3 is 2.50 bits per heavy atom. The van der Waals surface area contributed by atoms with Crippen molar-refractivity contribution in [2.75, 3.05) is 13.2 Å². The zero-order valence-electron chi connectivity index (χ0n) is 20.2. The lowest BCUT2D eigenvalue weighted by Crippen LogP contribution is -2.53. The summed E-state index contributed by atoms with van der Waals surface area (Å²) in [4.78, 5) is 0. The Balaban J connectivity index is 1.64. The van der Waals surface area contributed by atoms with E-state index in [9.17, 15) is 5.11 Å². The highest BCUT2D eigenvalue weighted by molar-refractivity contribution is 5.25. The van der Waals surface area contributed by atoms with Gasteiger partial charge in [0, 0.05) is 19.3 Å². The number of nitrogens with two attached hydrogens (primary N) is 1. The molecule has 30 heavy (non-hydrogen) atoms. The Bertz CT molecular complexity index is 765. The van der Waals surface area contributed by atoms with E-state index in [4.69, 9.17) is 10.8 Å². The second-order valence-electron chi connectivity index (χ2n) is 12.8. The smallest absolute Gasteiger partial charge is 0.0660 e. The van der Waals surface area contributed by atoms with Gasteiger partial charge in [-0.1, -0.05) is 41.5 Å². The van der Waals surface area contributed by atoms with Crippen LogP contribution >= 0.6 is 0 Å². The molecule has 0 saturated heterocycles. The van der Waals surface area contributed by atoms with Crippen molar-refractivity contribution in [2.45, 2.75) is 86.6 Å². The fraction of sp³-hybridized carbons (Fsp3) is 0.885. The number of hydrogen-bond donors (Lipinski definition) is 2. The fourth-order valence-electron chi connectivity index (χ4n) is 7.82. The summed E-state index contributed by atoms with van der Waals surface area (Å²) in [7, 11) is 0. The first-order valence-electron chi connectivity index (χ1n) is 12.4. The molecule has 1 aromatic heterocycles. The van der Waals surface area contributed by atoms with Crippen molar-refractivity contribution in [3.05, 3.63) is 17.5 Å². The Hall–Kier alpha value is -0.870.